The highest BCUT2D eigenvalue weighted by Gasteiger charge is 2.67. The number of fused-ring (bicyclic) bond motifs is 2. The molecular weight excluding hydrogens is 660 g/mol. The molecule has 2 fully saturated rings. The third-order valence-corrected chi connectivity index (χ3v) is 12.8. The van der Waals surface area contributed by atoms with Crippen molar-refractivity contribution in [3.63, 3.8) is 0 Å². The van der Waals surface area contributed by atoms with Gasteiger partial charge in [-0.25, -0.2) is 0 Å². The summed E-state index contributed by atoms with van der Waals surface area (Å²) in [6.07, 6.45) is 1.09. The van der Waals surface area contributed by atoms with Crippen LogP contribution in [0.4, 0.5) is 21.2 Å². The largest absolute Gasteiger partial charge is 0.395 e. The Balaban J connectivity index is 1.34. The number of carbonyl (C=O) groups excluding carboxylic acids is 3. The van der Waals surface area contributed by atoms with Gasteiger partial charge >= 0.3 is 0 Å². The van der Waals surface area contributed by atoms with E-state index in [0.29, 0.717) is 18.7 Å². The zero-order valence-corrected chi connectivity index (χ0v) is 29.6. The molecule has 0 unspecified atom stereocenters. The van der Waals surface area contributed by atoms with Gasteiger partial charge in [-0.2, -0.15) is 0 Å². The van der Waals surface area contributed by atoms with E-state index in [-0.39, 0.29) is 55.7 Å². The molecule has 13 heteroatoms. The molecule has 3 amide bonds. The Kier molecular flexibility index (Phi) is 9.93. The Labute approximate surface area is 292 Å². The molecule has 50 heavy (non-hydrogen) atoms. The van der Waals surface area contributed by atoms with Crippen molar-refractivity contribution in [2.75, 3.05) is 29.5 Å². The summed E-state index contributed by atoms with van der Waals surface area (Å²) in [6.45, 7) is 5.60. The first-order valence-electron chi connectivity index (χ1n) is 17.1. The van der Waals surface area contributed by atoms with E-state index in [1.165, 1.54) is 41.1 Å². The summed E-state index contributed by atoms with van der Waals surface area (Å²) >= 11 is 0. The van der Waals surface area contributed by atoms with E-state index in [4.69, 9.17) is 4.74 Å². The number of nitrogens with zero attached hydrogens (tertiary/aromatic N) is 4. The van der Waals surface area contributed by atoms with Crippen LogP contribution in [-0.4, -0.2) is 66.9 Å². The van der Waals surface area contributed by atoms with Gasteiger partial charge in [0.15, 0.2) is 5.60 Å². The Bertz CT molecular complexity index is 1770. The van der Waals surface area contributed by atoms with Gasteiger partial charge in [-0.1, -0.05) is 49.4 Å². The van der Waals surface area contributed by atoms with E-state index in [0.717, 1.165) is 29.7 Å². The van der Waals surface area contributed by atoms with Gasteiger partial charge in [0.1, 0.15) is 0 Å². The SMILES string of the molecule is C[C@@H]1[C@@H]([Si](C)(C)F)[C@H](CC(=O)N(CCO)Cc2ccccc2)O[C@@]12C(=O)N(Cc1ccc(N3CCCCC3=O)cc1)c1ccc([N+](=O)[O-])cc12. The Morgan fingerprint density at radius 2 is 1.80 bits per heavy atom. The molecular formula is C37H43FN4O7Si. The van der Waals surface area contributed by atoms with Crippen molar-refractivity contribution in [3.8, 4) is 0 Å². The number of carbonyl (C=O) groups is 3. The topological polar surface area (TPSA) is 134 Å². The van der Waals surface area contributed by atoms with E-state index in [1.54, 1.807) is 11.8 Å². The maximum atomic E-state index is 16.4. The van der Waals surface area contributed by atoms with Crippen LogP contribution in [0.25, 0.3) is 0 Å². The summed E-state index contributed by atoms with van der Waals surface area (Å²) in [5.41, 5.74) is 0.343. The number of halogens is 1. The minimum Gasteiger partial charge on any atom is -0.395 e. The third-order valence-electron chi connectivity index (χ3n) is 10.4. The molecule has 11 nitrogen and oxygen atoms in total. The molecule has 0 saturated carbocycles. The van der Waals surface area contributed by atoms with Gasteiger partial charge in [-0.15, -0.1) is 0 Å². The second kappa shape index (κ2) is 14.0. The Morgan fingerprint density at radius 3 is 2.44 bits per heavy atom. The Morgan fingerprint density at radius 1 is 1.08 bits per heavy atom. The predicted octanol–water partition coefficient (Wildman–Crippen LogP) is 5.84. The van der Waals surface area contributed by atoms with Crippen molar-refractivity contribution in [1.29, 1.82) is 0 Å². The average molecular weight is 703 g/mol. The molecule has 0 aliphatic carbocycles. The predicted molar refractivity (Wildman–Crippen MR) is 189 cm³/mol. The van der Waals surface area contributed by atoms with Crippen molar-refractivity contribution in [2.24, 2.45) is 5.92 Å². The zero-order chi connectivity index (χ0) is 35.8. The fourth-order valence-corrected chi connectivity index (χ4v) is 10.6. The van der Waals surface area contributed by atoms with Crippen LogP contribution < -0.4 is 9.80 Å². The maximum Gasteiger partial charge on any atom is 0.269 e. The Hall–Kier alpha value is -4.46. The molecule has 3 aliphatic rings. The van der Waals surface area contributed by atoms with Crippen molar-refractivity contribution in [3.05, 3.63) is 99.6 Å². The van der Waals surface area contributed by atoms with Crippen LogP contribution in [0.2, 0.25) is 18.6 Å². The molecule has 4 atom stereocenters. The lowest BCUT2D eigenvalue weighted by molar-refractivity contribution is -0.385. The van der Waals surface area contributed by atoms with E-state index in [2.05, 4.69) is 0 Å². The van der Waals surface area contributed by atoms with Crippen LogP contribution in [0.3, 0.4) is 0 Å². The van der Waals surface area contributed by atoms with Crippen LogP contribution in [0.1, 0.15) is 49.3 Å². The number of hydrogen-bond acceptors (Lipinski definition) is 7. The zero-order valence-electron chi connectivity index (χ0n) is 28.6. The van der Waals surface area contributed by atoms with Crippen molar-refractivity contribution in [1.82, 2.24) is 4.90 Å². The van der Waals surface area contributed by atoms with Crippen LogP contribution in [-0.2, 0) is 37.8 Å². The molecule has 264 valence electrons. The van der Waals surface area contributed by atoms with Gasteiger partial charge in [0.05, 0.1) is 36.3 Å². The summed E-state index contributed by atoms with van der Waals surface area (Å²) in [7, 11) is -3.63. The van der Waals surface area contributed by atoms with Gasteiger partial charge in [-0.3, -0.25) is 24.5 Å². The van der Waals surface area contributed by atoms with Gasteiger partial charge in [0.2, 0.25) is 20.2 Å². The number of ether oxygens (including phenoxy) is 1. The second-order valence-corrected chi connectivity index (χ2v) is 17.8. The first-order chi connectivity index (χ1) is 23.8. The van der Waals surface area contributed by atoms with Crippen LogP contribution in [0.15, 0.2) is 72.8 Å². The summed E-state index contributed by atoms with van der Waals surface area (Å²) in [4.78, 5) is 57.3. The fourth-order valence-electron chi connectivity index (χ4n) is 8.07. The van der Waals surface area contributed by atoms with E-state index in [9.17, 15) is 29.6 Å². The number of aliphatic hydroxyl groups is 1. The van der Waals surface area contributed by atoms with Crippen molar-refractivity contribution >= 4 is 43.2 Å². The summed E-state index contributed by atoms with van der Waals surface area (Å²) in [5, 5.41) is 21.7. The fraction of sp³-hybridized carbons (Fsp3) is 0.432. The number of aliphatic hydroxyl groups excluding tert-OH is 1. The lowest BCUT2D eigenvalue weighted by Gasteiger charge is -2.31. The maximum absolute atomic E-state index is 16.4. The molecule has 3 aromatic rings. The first kappa shape index (κ1) is 35.4. The number of nitro groups is 1. The normalized spacial score (nSPS) is 23.4. The van der Waals surface area contributed by atoms with Gasteiger partial charge in [0, 0.05) is 60.9 Å². The molecule has 1 N–H and O–H groups in total. The number of non-ortho nitro benzene ring substituents is 1. The first-order valence-corrected chi connectivity index (χ1v) is 20.1. The number of benzene rings is 3. The molecule has 0 radical (unpaired) electrons. The highest BCUT2D eigenvalue weighted by Crippen LogP contribution is 2.60. The summed E-state index contributed by atoms with van der Waals surface area (Å²) in [6, 6.07) is 20.9. The lowest BCUT2D eigenvalue weighted by atomic mass is 9.82. The van der Waals surface area contributed by atoms with Crippen LogP contribution in [0, 0.1) is 16.0 Å². The molecule has 3 aliphatic heterocycles. The highest BCUT2D eigenvalue weighted by molar-refractivity contribution is 6.72. The second-order valence-electron chi connectivity index (χ2n) is 14.0. The number of hydrogen-bond donors (Lipinski definition) is 1. The van der Waals surface area contributed by atoms with Gasteiger partial charge in [-0.05, 0) is 55.3 Å². The molecule has 6 rings (SSSR count). The van der Waals surface area contributed by atoms with Crippen molar-refractivity contribution in [2.45, 2.75) is 76.0 Å². The van der Waals surface area contributed by atoms with E-state index in [1.807, 2.05) is 54.6 Å². The molecule has 0 aromatic heterocycles. The summed E-state index contributed by atoms with van der Waals surface area (Å²) in [5.74, 6) is -1.50. The average Bonchev–Trinajstić information content (AvgIpc) is 3.51. The standard InChI is InChI=1S/C37H43FN4O7Si/c1-25-35(50(2,3)38)32(22-34(45)39(19-20-43)23-26-9-5-4-6-10-26)49-37(25)30-21-29(42(47)48)16-17-31(30)41(36(37)46)24-27-12-14-28(15-13-27)40-18-8-7-11-33(40)44/h4-6,9-10,12-17,21,25,32,35,43H,7-8,11,18-20,22-24H2,1-3H3/t25-,32+,35-,37+/m1/s1. The van der Waals surface area contributed by atoms with E-state index >= 15 is 4.11 Å². The van der Waals surface area contributed by atoms with Crippen LogP contribution >= 0.6 is 0 Å². The number of rotatable bonds is 11. The third kappa shape index (κ3) is 6.57. The number of nitro benzene ring substituents is 1. The minimum atomic E-state index is -3.63. The molecule has 3 heterocycles. The quantitative estimate of drug-likeness (QED) is 0.115. The summed E-state index contributed by atoms with van der Waals surface area (Å²) < 4.78 is 23.1. The molecule has 2 saturated heterocycles. The number of anilines is 2. The monoisotopic (exact) mass is 702 g/mol. The number of piperidine rings is 1. The van der Waals surface area contributed by atoms with E-state index < -0.39 is 42.4 Å². The molecule has 0 bridgehead atoms. The van der Waals surface area contributed by atoms with Gasteiger partial charge < -0.3 is 28.7 Å². The van der Waals surface area contributed by atoms with Gasteiger partial charge in [0.25, 0.3) is 11.6 Å². The van der Waals surface area contributed by atoms with Crippen LogP contribution in [0.5, 0.6) is 0 Å². The van der Waals surface area contributed by atoms with Crippen molar-refractivity contribution < 1.29 is 33.3 Å². The molecule has 1 spiro atoms. The molecule has 3 aromatic carbocycles. The lowest BCUT2D eigenvalue weighted by Crippen LogP contribution is -2.45. The minimum absolute atomic E-state index is 0.0642. The highest BCUT2D eigenvalue weighted by atomic mass is 28.4. The smallest absolute Gasteiger partial charge is 0.269 e. The number of amides is 3.